The fourth-order valence-electron chi connectivity index (χ4n) is 1.64. The Morgan fingerprint density at radius 3 is 1.72 bits per heavy atom. The molecule has 0 aromatic carbocycles. The lowest BCUT2D eigenvalue weighted by Crippen LogP contribution is -2.31. The predicted molar refractivity (Wildman–Crippen MR) is 67.3 cm³/mol. The van der Waals surface area contributed by atoms with E-state index in [1.54, 1.807) is 49.1 Å². The molecule has 2 aromatic heterocycles. The molecule has 0 saturated heterocycles. The quantitative estimate of drug-likeness (QED) is 0.824. The standard InChI is InChI=1S/C13H14N4O/c14-11(9-3-1-5-16-7-9)13(18)12(15)10-4-2-6-17-8-10/h1-8,11-12H,14-15H2. The molecule has 0 radical (unpaired) electrons. The van der Waals surface area contributed by atoms with Crippen LogP contribution >= 0.6 is 0 Å². The van der Waals surface area contributed by atoms with Gasteiger partial charge in [-0.1, -0.05) is 12.1 Å². The number of Topliss-reactive ketones (excluding diaryl/α,β-unsaturated/α-hetero) is 1. The first kappa shape index (κ1) is 12.3. The Morgan fingerprint density at radius 2 is 1.39 bits per heavy atom. The molecule has 2 aromatic rings. The number of ketones is 1. The fourth-order valence-corrected chi connectivity index (χ4v) is 1.64. The predicted octanol–water partition coefficient (Wildman–Crippen LogP) is 0.745. The normalized spacial score (nSPS) is 13.9. The monoisotopic (exact) mass is 242 g/mol. The van der Waals surface area contributed by atoms with Crippen molar-refractivity contribution in [1.29, 1.82) is 0 Å². The van der Waals surface area contributed by atoms with Gasteiger partial charge in [-0.05, 0) is 23.3 Å². The summed E-state index contributed by atoms with van der Waals surface area (Å²) in [7, 11) is 0. The van der Waals surface area contributed by atoms with Gasteiger partial charge < -0.3 is 11.5 Å². The highest BCUT2D eigenvalue weighted by atomic mass is 16.1. The minimum Gasteiger partial charge on any atom is -0.318 e. The lowest BCUT2D eigenvalue weighted by Gasteiger charge is -2.16. The molecule has 5 heteroatoms. The van der Waals surface area contributed by atoms with Crippen LogP contribution in [0.3, 0.4) is 0 Å². The van der Waals surface area contributed by atoms with Crippen molar-refractivity contribution in [3.63, 3.8) is 0 Å². The van der Waals surface area contributed by atoms with E-state index in [1.807, 2.05) is 0 Å². The van der Waals surface area contributed by atoms with Gasteiger partial charge in [0.15, 0.2) is 5.78 Å². The Labute approximate surface area is 105 Å². The van der Waals surface area contributed by atoms with Crippen molar-refractivity contribution >= 4 is 5.78 Å². The zero-order valence-electron chi connectivity index (χ0n) is 9.73. The lowest BCUT2D eigenvalue weighted by molar-refractivity contribution is -0.121. The smallest absolute Gasteiger partial charge is 0.175 e. The SMILES string of the molecule is NC(C(=O)C(N)c1cccnc1)c1cccnc1. The minimum atomic E-state index is -0.770. The molecule has 0 amide bonds. The summed E-state index contributed by atoms with van der Waals surface area (Å²) in [6, 6.07) is 5.44. The van der Waals surface area contributed by atoms with Crippen molar-refractivity contribution in [2.75, 3.05) is 0 Å². The van der Waals surface area contributed by atoms with Gasteiger partial charge in [-0.2, -0.15) is 0 Å². The van der Waals surface area contributed by atoms with Gasteiger partial charge in [-0.15, -0.1) is 0 Å². The number of carbonyl (C=O) groups is 1. The number of pyridine rings is 2. The van der Waals surface area contributed by atoms with Crippen LogP contribution in [0, 0.1) is 0 Å². The first-order valence-corrected chi connectivity index (χ1v) is 5.55. The molecule has 92 valence electrons. The maximum atomic E-state index is 12.1. The summed E-state index contributed by atoms with van der Waals surface area (Å²) in [5.74, 6) is -0.254. The first-order chi connectivity index (χ1) is 8.70. The van der Waals surface area contributed by atoms with Crippen molar-refractivity contribution in [1.82, 2.24) is 9.97 Å². The maximum absolute atomic E-state index is 12.1. The summed E-state index contributed by atoms with van der Waals surface area (Å²) in [6.45, 7) is 0. The molecular formula is C13H14N4O. The molecular weight excluding hydrogens is 228 g/mol. The maximum Gasteiger partial charge on any atom is 0.175 e. The van der Waals surface area contributed by atoms with E-state index in [4.69, 9.17) is 11.5 Å². The molecule has 0 aliphatic heterocycles. The van der Waals surface area contributed by atoms with Gasteiger partial charge in [0.2, 0.25) is 0 Å². The highest BCUT2D eigenvalue weighted by Crippen LogP contribution is 2.18. The zero-order valence-corrected chi connectivity index (χ0v) is 9.73. The topological polar surface area (TPSA) is 94.9 Å². The molecule has 0 aliphatic carbocycles. The largest absolute Gasteiger partial charge is 0.318 e. The van der Waals surface area contributed by atoms with Crippen LogP contribution in [0.15, 0.2) is 49.1 Å². The summed E-state index contributed by atoms with van der Waals surface area (Å²) in [5.41, 5.74) is 13.1. The van der Waals surface area contributed by atoms with E-state index in [0.717, 1.165) is 0 Å². The number of carbonyl (C=O) groups excluding carboxylic acids is 1. The van der Waals surface area contributed by atoms with Gasteiger partial charge in [-0.25, -0.2) is 0 Å². The van der Waals surface area contributed by atoms with Crippen molar-refractivity contribution in [3.8, 4) is 0 Å². The number of aromatic nitrogens is 2. The van der Waals surface area contributed by atoms with Gasteiger partial charge in [0.25, 0.3) is 0 Å². The van der Waals surface area contributed by atoms with Crippen molar-refractivity contribution in [2.24, 2.45) is 11.5 Å². The highest BCUT2D eigenvalue weighted by molar-refractivity contribution is 5.90. The first-order valence-electron chi connectivity index (χ1n) is 5.55. The van der Waals surface area contributed by atoms with Gasteiger partial charge in [-0.3, -0.25) is 14.8 Å². The summed E-state index contributed by atoms with van der Waals surface area (Å²) in [5, 5.41) is 0. The van der Waals surface area contributed by atoms with E-state index in [1.165, 1.54) is 0 Å². The van der Waals surface area contributed by atoms with Crippen LogP contribution in [-0.2, 0) is 4.79 Å². The Morgan fingerprint density at radius 1 is 0.944 bits per heavy atom. The van der Waals surface area contributed by atoms with Crippen LogP contribution in [0.2, 0.25) is 0 Å². The van der Waals surface area contributed by atoms with E-state index >= 15 is 0 Å². The van der Waals surface area contributed by atoms with Gasteiger partial charge >= 0.3 is 0 Å². The van der Waals surface area contributed by atoms with Gasteiger partial charge in [0.1, 0.15) is 0 Å². The molecule has 2 atom stereocenters. The molecule has 5 nitrogen and oxygen atoms in total. The van der Waals surface area contributed by atoms with Crippen LogP contribution in [0.1, 0.15) is 23.2 Å². The molecule has 0 aliphatic rings. The highest BCUT2D eigenvalue weighted by Gasteiger charge is 2.23. The number of nitrogens with zero attached hydrogens (tertiary/aromatic N) is 2. The second-order valence-electron chi connectivity index (χ2n) is 3.93. The second-order valence-corrected chi connectivity index (χ2v) is 3.93. The van der Waals surface area contributed by atoms with Crippen molar-refractivity contribution in [3.05, 3.63) is 60.2 Å². The van der Waals surface area contributed by atoms with Gasteiger partial charge in [0.05, 0.1) is 12.1 Å². The van der Waals surface area contributed by atoms with E-state index in [2.05, 4.69) is 9.97 Å². The molecule has 0 bridgehead atoms. The number of hydrogen-bond acceptors (Lipinski definition) is 5. The molecule has 0 spiro atoms. The second kappa shape index (κ2) is 5.48. The zero-order chi connectivity index (χ0) is 13.0. The number of nitrogens with two attached hydrogens (primary N) is 2. The average Bonchev–Trinajstić information content (AvgIpc) is 2.47. The van der Waals surface area contributed by atoms with Crippen LogP contribution in [0.25, 0.3) is 0 Å². The van der Waals surface area contributed by atoms with E-state index in [0.29, 0.717) is 11.1 Å². The Balaban J connectivity index is 2.17. The third kappa shape index (κ3) is 2.58. The average molecular weight is 242 g/mol. The minimum absolute atomic E-state index is 0.254. The van der Waals surface area contributed by atoms with Crippen molar-refractivity contribution < 1.29 is 4.79 Å². The third-order valence-corrected chi connectivity index (χ3v) is 2.70. The summed E-state index contributed by atoms with van der Waals surface area (Å²) in [4.78, 5) is 20.0. The van der Waals surface area contributed by atoms with E-state index < -0.39 is 12.1 Å². The Hall–Kier alpha value is -2.11. The number of hydrogen-bond donors (Lipinski definition) is 2. The molecule has 0 fully saturated rings. The number of rotatable bonds is 4. The summed E-state index contributed by atoms with van der Waals surface area (Å²) >= 11 is 0. The Kier molecular flexibility index (Phi) is 3.76. The molecule has 2 unspecified atom stereocenters. The fraction of sp³-hybridized carbons (Fsp3) is 0.154. The molecule has 2 heterocycles. The third-order valence-electron chi connectivity index (χ3n) is 2.70. The molecule has 18 heavy (non-hydrogen) atoms. The molecule has 2 rings (SSSR count). The summed E-state index contributed by atoms with van der Waals surface area (Å²) in [6.07, 6.45) is 6.39. The molecule has 4 N–H and O–H groups in total. The van der Waals surface area contributed by atoms with Gasteiger partial charge in [0, 0.05) is 24.8 Å². The van der Waals surface area contributed by atoms with Crippen LogP contribution in [-0.4, -0.2) is 15.8 Å². The summed E-state index contributed by atoms with van der Waals surface area (Å²) < 4.78 is 0. The van der Waals surface area contributed by atoms with E-state index in [-0.39, 0.29) is 5.78 Å². The molecule has 0 saturated carbocycles. The van der Waals surface area contributed by atoms with Crippen LogP contribution in [0.5, 0.6) is 0 Å². The lowest BCUT2D eigenvalue weighted by atomic mass is 9.96. The van der Waals surface area contributed by atoms with Crippen LogP contribution in [0.4, 0.5) is 0 Å². The van der Waals surface area contributed by atoms with Crippen molar-refractivity contribution in [2.45, 2.75) is 12.1 Å². The van der Waals surface area contributed by atoms with Crippen LogP contribution < -0.4 is 11.5 Å². The Bertz CT molecular complexity index is 468. The van der Waals surface area contributed by atoms with E-state index in [9.17, 15) is 4.79 Å².